The lowest BCUT2D eigenvalue weighted by Crippen LogP contribution is -2.45. The van der Waals surface area contributed by atoms with Crippen LogP contribution in [0.5, 0.6) is 0 Å². The first-order valence-electron chi connectivity index (χ1n) is 9.45. The molecule has 3 aromatic rings. The Bertz CT molecular complexity index is 961. The minimum atomic E-state index is -0.347. The summed E-state index contributed by atoms with van der Waals surface area (Å²) < 4.78 is 5.09. The molecule has 0 saturated heterocycles. The second-order valence-corrected chi connectivity index (χ2v) is 7.19. The summed E-state index contributed by atoms with van der Waals surface area (Å²) in [5.74, 6) is -0.263. The Hall–Kier alpha value is -3.34. The summed E-state index contributed by atoms with van der Waals surface area (Å²) in [5, 5.41) is 5.83. The summed E-state index contributed by atoms with van der Waals surface area (Å²) in [4.78, 5) is 24.8. The molecule has 0 bridgehead atoms. The monoisotopic (exact) mass is 374 g/mol. The van der Waals surface area contributed by atoms with Crippen LogP contribution < -0.4 is 10.6 Å². The molecule has 1 saturated carbocycles. The number of hydrogen-bond acceptors (Lipinski definition) is 3. The van der Waals surface area contributed by atoms with Gasteiger partial charge in [0.2, 0.25) is 0 Å². The molecule has 0 aliphatic heterocycles. The third kappa shape index (κ3) is 3.69. The van der Waals surface area contributed by atoms with Crippen molar-refractivity contribution in [2.45, 2.75) is 24.7 Å². The molecular weight excluding hydrogens is 352 g/mol. The maximum Gasteiger partial charge on any atom is 0.291 e. The van der Waals surface area contributed by atoms with Gasteiger partial charge in [0.25, 0.3) is 11.8 Å². The molecule has 4 rings (SSSR count). The molecule has 0 spiro atoms. The molecular formula is C23H22N2O3. The first-order valence-corrected chi connectivity index (χ1v) is 9.45. The van der Waals surface area contributed by atoms with Crippen molar-refractivity contribution < 1.29 is 14.0 Å². The zero-order chi connectivity index (χ0) is 19.4. The number of furan rings is 1. The van der Waals surface area contributed by atoms with E-state index >= 15 is 0 Å². The molecule has 5 heteroatoms. The zero-order valence-corrected chi connectivity index (χ0v) is 15.5. The Labute approximate surface area is 163 Å². The molecule has 1 aromatic heterocycles. The van der Waals surface area contributed by atoms with Crippen molar-refractivity contribution in [3.05, 3.63) is 89.9 Å². The van der Waals surface area contributed by atoms with Crippen LogP contribution in [0.15, 0.2) is 77.4 Å². The van der Waals surface area contributed by atoms with Gasteiger partial charge in [-0.2, -0.15) is 0 Å². The van der Waals surface area contributed by atoms with Gasteiger partial charge in [0.05, 0.1) is 6.26 Å². The van der Waals surface area contributed by atoms with Crippen molar-refractivity contribution in [3.63, 3.8) is 0 Å². The Morgan fingerprint density at radius 1 is 0.929 bits per heavy atom. The molecule has 1 aliphatic carbocycles. The summed E-state index contributed by atoms with van der Waals surface area (Å²) in [6, 6.07) is 20.5. The van der Waals surface area contributed by atoms with Crippen LogP contribution in [0.4, 0.5) is 5.69 Å². The van der Waals surface area contributed by atoms with E-state index in [4.69, 9.17) is 4.42 Å². The van der Waals surface area contributed by atoms with E-state index in [1.165, 1.54) is 18.2 Å². The SMILES string of the molecule is O=C(NCC1(c2ccccc2)CCC1)c1cccc(NC(=O)c2ccco2)c1. The summed E-state index contributed by atoms with van der Waals surface area (Å²) in [6.45, 7) is 0.610. The van der Waals surface area contributed by atoms with Crippen molar-refractivity contribution in [2.75, 3.05) is 11.9 Å². The van der Waals surface area contributed by atoms with E-state index in [1.807, 2.05) is 18.2 Å². The van der Waals surface area contributed by atoms with Crippen LogP contribution in [-0.4, -0.2) is 18.4 Å². The van der Waals surface area contributed by atoms with Gasteiger partial charge in [0.15, 0.2) is 5.76 Å². The molecule has 1 aliphatic rings. The van der Waals surface area contributed by atoms with Crippen molar-refractivity contribution in [1.82, 2.24) is 5.32 Å². The molecule has 0 unspecified atom stereocenters. The van der Waals surface area contributed by atoms with Gasteiger partial charge in [-0.1, -0.05) is 42.8 Å². The lowest BCUT2D eigenvalue weighted by atomic mass is 9.64. The Balaban J connectivity index is 1.42. The predicted molar refractivity (Wildman–Crippen MR) is 107 cm³/mol. The summed E-state index contributed by atoms with van der Waals surface area (Å²) in [7, 11) is 0. The third-order valence-electron chi connectivity index (χ3n) is 5.41. The molecule has 0 atom stereocenters. The highest BCUT2D eigenvalue weighted by atomic mass is 16.3. The van der Waals surface area contributed by atoms with Crippen LogP contribution in [0.1, 0.15) is 45.7 Å². The molecule has 2 N–H and O–H groups in total. The van der Waals surface area contributed by atoms with Gasteiger partial charge in [-0.05, 0) is 48.7 Å². The van der Waals surface area contributed by atoms with Gasteiger partial charge < -0.3 is 15.1 Å². The Morgan fingerprint density at radius 2 is 1.75 bits per heavy atom. The van der Waals surface area contributed by atoms with Gasteiger partial charge in [0.1, 0.15) is 0 Å². The van der Waals surface area contributed by atoms with Crippen molar-refractivity contribution in [3.8, 4) is 0 Å². The van der Waals surface area contributed by atoms with Crippen molar-refractivity contribution in [1.29, 1.82) is 0 Å². The average Bonchev–Trinajstić information content (AvgIpc) is 3.23. The van der Waals surface area contributed by atoms with E-state index in [2.05, 4.69) is 22.8 Å². The van der Waals surface area contributed by atoms with E-state index in [9.17, 15) is 9.59 Å². The first-order chi connectivity index (χ1) is 13.7. The fourth-order valence-corrected chi connectivity index (χ4v) is 3.65. The highest BCUT2D eigenvalue weighted by Gasteiger charge is 2.38. The number of carbonyl (C=O) groups excluding carboxylic acids is 2. The molecule has 2 aromatic carbocycles. The third-order valence-corrected chi connectivity index (χ3v) is 5.41. The number of carbonyl (C=O) groups is 2. The van der Waals surface area contributed by atoms with Crippen LogP contribution in [-0.2, 0) is 5.41 Å². The standard InChI is InChI=1S/C23H22N2O3/c26-21(24-16-23(12-6-13-23)18-8-2-1-3-9-18)17-7-4-10-19(15-17)25-22(27)20-11-5-14-28-20/h1-5,7-11,14-15H,6,12-13,16H2,(H,24,26)(H,25,27). The minimum absolute atomic E-state index is 0.0298. The number of anilines is 1. The molecule has 2 amide bonds. The predicted octanol–water partition coefficient (Wildman–Crippen LogP) is 4.38. The largest absolute Gasteiger partial charge is 0.459 e. The number of benzene rings is 2. The smallest absolute Gasteiger partial charge is 0.291 e. The van der Waals surface area contributed by atoms with Crippen LogP contribution in [0.3, 0.4) is 0 Å². The maximum atomic E-state index is 12.7. The van der Waals surface area contributed by atoms with E-state index in [0.717, 1.165) is 12.8 Å². The molecule has 0 radical (unpaired) electrons. The van der Waals surface area contributed by atoms with E-state index in [1.54, 1.807) is 36.4 Å². The van der Waals surface area contributed by atoms with Crippen LogP contribution >= 0.6 is 0 Å². The van der Waals surface area contributed by atoms with Crippen molar-refractivity contribution in [2.24, 2.45) is 0 Å². The highest BCUT2D eigenvalue weighted by molar-refractivity contribution is 6.03. The van der Waals surface area contributed by atoms with Gasteiger partial charge in [-0.3, -0.25) is 9.59 Å². The Kier molecular flexibility index (Phi) is 4.98. The molecule has 142 valence electrons. The fraction of sp³-hybridized carbons (Fsp3) is 0.217. The normalized spacial score (nSPS) is 14.7. The number of rotatable bonds is 6. The topological polar surface area (TPSA) is 71.3 Å². The van der Waals surface area contributed by atoms with E-state index < -0.39 is 0 Å². The molecule has 5 nitrogen and oxygen atoms in total. The minimum Gasteiger partial charge on any atom is -0.459 e. The fourth-order valence-electron chi connectivity index (χ4n) is 3.65. The summed E-state index contributed by atoms with van der Waals surface area (Å²) in [5.41, 5.74) is 2.37. The highest BCUT2D eigenvalue weighted by Crippen LogP contribution is 2.43. The van der Waals surface area contributed by atoms with Gasteiger partial charge in [-0.15, -0.1) is 0 Å². The van der Waals surface area contributed by atoms with Gasteiger partial charge in [0, 0.05) is 23.2 Å². The lowest BCUT2D eigenvalue weighted by Gasteiger charge is -2.42. The van der Waals surface area contributed by atoms with Crippen LogP contribution in [0.2, 0.25) is 0 Å². The molecule has 1 heterocycles. The number of hydrogen-bond donors (Lipinski definition) is 2. The van der Waals surface area contributed by atoms with E-state index in [0.29, 0.717) is 17.8 Å². The Morgan fingerprint density at radius 3 is 2.43 bits per heavy atom. The molecule has 1 fully saturated rings. The van der Waals surface area contributed by atoms with E-state index in [-0.39, 0.29) is 23.0 Å². The molecule has 28 heavy (non-hydrogen) atoms. The average molecular weight is 374 g/mol. The lowest BCUT2D eigenvalue weighted by molar-refractivity contribution is 0.0926. The maximum absolute atomic E-state index is 12.7. The van der Waals surface area contributed by atoms with Gasteiger partial charge in [-0.25, -0.2) is 0 Å². The number of amides is 2. The van der Waals surface area contributed by atoms with Gasteiger partial charge >= 0.3 is 0 Å². The van der Waals surface area contributed by atoms with Crippen LogP contribution in [0, 0.1) is 0 Å². The summed E-state index contributed by atoms with van der Waals surface area (Å²) in [6.07, 6.45) is 4.79. The quantitative estimate of drug-likeness (QED) is 0.672. The first kappa shape index (κ1) is 18.0. The zero-order valence-electron chi connectivity index (χ0n) is 15.5. The second kappa shape index (κ2) is 7.72. The number of nitrogens with one attached hydrogen (secondary N) is 2. The summed E-state index contributed by atoms with van der Waals surface area (Å²) >= 11 is 0. The second-order valence-electron chi connectivity index (χ2n) is 7.19. The van der Waals surface area contributed by atoms with Crippen LogP contribution in [0.25, 0.3) is 0 Å². The van der Waals surface area contributed by atoms with Crippen molar-refractivity contribution >= 4 is 17.5 Å².